The molecule has 0 heterocycles. The molecule has 0 spiro atoms. The van der Waals surface area contributed by atoms with Crippen LogP contribution in [0.25, 0.3) is 22.4 Å². The minimum atomic E-state index is -6.03. The Morgan fingerprint density at radius 2 is 0.742 bits per heavy atom. The average molecular weight is 893 g/mol. The number of hydrogen-bond acceptors (Lipinski definition) is 7. The van der Waals surface area contributed by atoms with E-state index in [2.05, 4.69) is 0 Å². The summed E-state index contributed by atoms with van der Waals surface area (Å²) in [5, 5.41) is 48.8. The highest BCUT2D eigenvalue weighted by atomic mass is 19.4. The maximum Gasteiger partial charge on any atom is 0.417 e. The van der Waals surface area contributed by atoms with Gasteiger partial charge < -0.3 is 5.73 Å². The van der Waals surface area contributed by atoms with Gasteiger partial charge in [0.15, 0.2) is 0 Å². The summed E-state index contributed by atoms with van der Waals surface area (Å²) < 4.78 is 260. The van der Waals surface area contributed by atoms with Gasteiger partial charge in [0.05, 0.1) is 39.5 Å². The van der Waals surface area contributed by atoms with Crippen LogP contribution in [0.3, 0.4) is 0 Å². The van der Waals surface area contributed by atoms with Crippen LogP contribution in [0.5, 0.6) is 0 Å². The van der Waals surface area contributed by atoms with Crippen LogP contribution in [0.2, 0.25) is 0 Å². The summed E-state index contributed by atoms with van der Waals surface area (Å²) >= 11 is 0. The fourth-order valence-corrected chi connectivity index (χ4v) is 6.31. The molecule has 4 rings (SSSR count). The van der Waals surface area contributed by atoms with Gasteiger partial charge in [-0.25, -0.2) is 0 Å². The Morgan fingerprint density at radius 1 is 0.419 bits per heavy atom. The predicted molar refractivity (Wildman–Crippen MR) is 169 cm³/mol. The van der Waals surface area contributed by atoms with Gasteiger partial charge in [0.25, 0.3) is 0 Å². The molecule has 2 N–H and O–H groups in total. The summed E-state index contributed by atoms with van der Waals surface area (Å²) in [5.41, 5.74) is -23.2. The number of nitriles is 6. The van der Waals surface area contributed by atoms with Crippen molar-refractivity contribution in [3.8, 4) is 36.4 Å². The average Bonchev–Trinajstić information content (AvgIpc) is 3.88. The van der Waals surface area contributed by atoms with Crippen LogP contribution in [-0.2, 0) is 24.7 Å². The molecule has 2 aromatic carbocycles. The Hall–Kier alpha value is -7.64. The van der Waals surface area contributed by atoms with Crippen LogP contribution < -0.4 is 26.6 Å². The highest BCUT2D eigenvalue weighted by Gasteiger charge is 2.50. The monoisotopic (exact) mass is 893 g/mol. The minimum absolute atomic E-state index is 0.293. The molecule has 0 atom stereocenters. The lowest BCUT2D eigenvalue weighted by atomic mass is 9.80. The summed E-state index contributed by atoms with van der Waals surface area (Å²) in [7, 11) is 0. The van der Waals surface area contributed by atoms with Gasteiger partial charge in [0.2, 0.25) is 0 Å². The quantitative estimate of drug-likeness (QED) is 0.231. The van der Waals surface area contributed by atoms with Crippen LogP contribution in [0.1, 0.15) is 22.3 Å². The largest absolute Gasteiger partial charge is 0.417 e. The summed E-state index contributed by atoms with van der Waals surface area (Å²) in [4.78, 5) is 0. The summed E-state index contributed by atoms with van der Waals surface area (Å²) in [6.07, 6.45) is -36.6. The highest BCUT2D eigenvalue weighted by molar-refractivity contribution is 6.29. The molecule has 62 heavy (non-hydrogen) atoms. The molecule has 0 amide bonds. The molecule has 0 radical (unpaired) electrons. The van der Waals surface area contributed by atoms with E-state index in [4.69, 9.17) is 11.0 Å². The van der Waals surface area contributed by atoms with Crippen LogP contribution in [0, 0.1) is 73.9 Å². The Labute approximate surface area is 331 Å². The van der Waals surface area contributed by atoms with Crippen LogP contribution in [0.4, 0.5) is 79.0 Å². The number of nitrogens with two attached hydrogens (primary N) is 1. The van der Waals surface area contributed by atoms with E-state index in [1.807, 2.05) is 0 Å². The van der Waals surface area contributed by atoms with E-state index in [1.165, 1.54) is 0 Å². The molecule has 0 saturated heterocycles. The summed E-state index contributed by atoms with van der Waals surface area (Å²) in [6.45, 7) is 0. The van der Waals surface area contributed by atoms with E-state index in [9.17, 15) is 105 Å². The fourth-order valence-electron chi connectivity index (χ4n) is 6.31. The van der Waals surface area contributed by atoms with Crippen LogP contribution >= 0.6 is 0 Å². The third kappa shape index (κ3) is 8.65. The Morgan fingerprint density at radius 3 is 1.00 bits per heavy atom. The number of nitrogens with zero attached hydrogens (tertiary/aromatic N) is 6. The molecule has 1 fully saturated rings. The maximum absolute atomic E-state index is 14.5. The van der Waals surface area contributed by atoms with E-state index in [1.54, 1.807) is 0 Å². The zero-order valence-electron chi connectivity index (χ0n) is 29.1. The second kappa shape index (κ2) is 15.4. The van der Waals surface area contributed by atoms with Crippen molar-refractivity contribution in [2.24, 2.45) is 11.7 Å². The number of rotatable bonds is 1. The smallest absolute Gasteiger partial charge is 0.390 e. The lowest BCUT2D eigenvalue weighted by Gasteiger charge is -2.26. The first-order valence-corrected chi connectivity index (χ1v) is 15.6. The van der Waals surface area contributed by atoms with Crippen molar-refractivity contribution in [3.05, 3.63) is 113 Å². The van der Waals surface area contributed by atoms with Crippen molar-refractivity contribution in [1.29, 1.82) is 31.6 Å². The normalized spacial score (nSPS) is 16.6. The van der Waals surface area contributed by atoms with Crippen molar-refractivity contribution in [3.63, 3.8) is 0 Å². The van der Waals surface area contributed by atoms with Crippen molar-refractivity contribution in [2.75, 3.05) is 0 Å². The van der Waals surface area contributed by atoms with E-state index in [0.717, 1.165) is 36.4 Å². The predicted octanol–water partition coefficient (Wildman–Crippen LogP) is 7.34. The molecule has 25 heteroatoms. The summed E-state index contributed by atoms with van der Waals surface area (Å²) in [6, 6.07) is 3.72. The van der Waals surface area contributed by atoms with Gasteiger partial charge in [0.1, 0.15) is 47.2 Å². The molecule has 0 aliphatic heterocycles. The van der Waals surface area contributed by atoms with Crippen molar-refractivity contribution in [2.45, 2.75) is 37.1 Å². The molecule has 2 aliphatic carbocycles. The molecule has 0 bridgehead atoms. The molecular formula is C37H9F18N7. The lowest BCUT2D eigenvalue weighted by Crippen LogP contribution is -2.34. The first kappa shape index (κ1) is 47.0. The topological polar surface area (TPSA) is 169 Å². The van der Waals surface area contributed by atoms with Crippen LogP contribution in [-0.4, -0.2) is 12.4 Å². The third-order valence-corrected chi connectivity index (χ3v) is 8.67. The Bertz CT molecular complexity index is 2840. The molecule has 2 aromatic rings. The van der Waals surface area contributed by atoms with Gasteiger partial charge in [-0.3, -0.25) is 0 Å². The number of hydrogen-bond donors (Lipinski definition) is 1. The highest BCUT2D eigenvalue weighted by Crippen LogP contribution is 2.53. The number of alkyl halides is 18. The summed E-state index contributed by atoms with van der Waals surface area (Å²) in [5.74, 6) is -2.84. The van der Waals surface area contributed by atoms with E-state index < -0.39 is 142 Å². The van der Waals surface area contributed by atoms with E-state index in [0.29, 0.717) is 0 Å². The first-order chi connectivity index (χ1) is 28.2. The second-order valence-electron chi connectivity index (χ2n) is 12.3. The molecule has 0 aromatic heterocycles. The van der Waals surface area contributed by atoms with E-state index >= 15 is 0 Å². The molecule has 0 unspecified atom stereocenters. The molecule has 1 saturated carbocycles. The lowest BCUT2D eigenvalue weighted by molar-refractivity contribution is -0.146. The minimum Gasteiger partial charge on any atom is -0.390 e. The van der Waals surface area contributed by atoms with Crippen molar-refractivity contribution < 1.29 is 79.0 Å². The second-order valence-corrected chi connectivity index (χ2v) is 12.3. The number of halogens is 18. The van der Waals surface area contributed by atoms with Gasteiger partial charge in [-0.1, -0.05) is 12.2 Å². The Balaban J connectivity index is 2.57. The van der Waals surface area contributed by atoms with Crippen LogP contribution in [0.15, 0.2) is 69.9 Å². The molecular weight excluding hydrogens is 884 g/mol. The van der Waals surface area contributed by atoms with Gasteiger partial charge in [-0.05, 0) is 45.8 Å². The molecule has 2 aliphatic rings. The molecule has 7 nitrogen and oxygen atoms in total. The SMILES string of the molecule is N#CC(C#N)=C1C(C(F)(F)F)=CC(/C(C#N)=C2\C(=c3cc(C(F)(F)F)c(=C(N)C#N)c(C(F)(F)F)c3)C2=c2cc(C(F)(F)F)c(=C(C#N)C#N)c(C(F)(F)F)c2)C=C1C(F)(F)F. The van der Waals surface area contributed by atoms with Gasteiger partial charge >= 0.3 is 37.1 Å². The van der Waals surface area contributed by atoms with Gasteiger partial charge in [-0.2, -0.15) is 111 Å². The van der Waals surface area contributed by atoms with Gasteiger partial charge in [-0.15, -0.1) is 0 Å². The zero-order chi connectivity index (χ0) is 47.5. The zero-order valence-corrected chi connectivity index (χ0v) is 29.1. The number of benzene rings is 2. The number of allylic oxidation sites excluding steroid dienone is 8. The standard InChI is InChI=1S/C37H9F18N7/c38-32(39,40)19-1-13(2-20(33(41,42)43)26(19)16(7-56)8-57)18(11-60)30-28(14-3-21(34(44,45)46)27(17(9-58)10-59)22(4-14)35(47,48)49)29(30)15-5-23(36(50,51)52)31(25(62)12-61)24(6-15)37(53,54)55/h1-6,13H,62H2/b29-15?,30-18-,31-25?. The van der Waals surface area contributed by atoms with Gasteiger partial charge in [0, 0.05) is 33.1 Å². The maximum atomic E-state index is 14.5. The Kier molecular flexibility index (Phi) is 11.7. The molecule has 318 valence electrons. The fraction of sp³-hybridized carbons (Fsp3) is 0.189. The van der Waals surface area contributed by atoms with E-state index in [-0.39, 0.29) is 36.4 Å². The first-order valence-electron chi connectivity index (χ1n) is 15.6. The van der Waals surface area contributed by atoms with Crippen molar-refractivity contribution >= 4 is 22.4 Å². The third-order valence-electron chi connectivity index (χ3n) is 8.67. The van der Waals surface area contributed by atoms with Crippen molar-refractivity contribution in [1.82, 2.24) is 0 Å².